The van der Waals surface area contributed by atoms with E-state index in [1.807, 2.05) is 24.3 Å². The van der Waals surface area contributed by atoms with E-state index >= 15 is 0 Å². The van der Waals surface area contributed by atoms with Crippen molar-refractivity contribution in [3.8, 4) is 5.69 Å². The van der Waals surface area contributed by atoms with Gasteiger partial charge in [0.25, 0.3) is 5.91 Å². The number of ether oxygens (including phenoxy) is 1. The molecule has 1 aromatic heterocycles. The lowest BCUT2D eigenvalue weighted by molar-refractivity contribution is 0.0523. The monoisotopic (exact) mass is 315 g/mol. The quantitative estimate of drug-likeness (QED) is 0.795. The first-order chi connectivity index (χ1) is 11.1. The molecule has 1 amide bonds. The number of unbranched alkanes of at least 4 members (excludes halogenated alkanes) is 1. The van der Waals surface area contributed by atoms with Crippen LogP contribution >= 0.6 is 0 Å². The van der Waals surface area contributed by atoms with Gasteiger partial charge in [-0.25, -0.2) is 9.48 Å². The normalized spacial score (nSPS) is 10.5. The zero-order valence-corrected chi connectivity index (χ0v) is 13.4. The van der Waals surface area contributed by atoms with Crippen LogP contribution in [0.1, 0.15) is 53.1 Å². The molecule has 0 aliphatic carbocycles. The lowest BCUT2D eigenvalue weighted by Gasteiger charge is -2.11. The maximum Gasteiger partial charge on any atom is 0.342 e. The molecule has 6 heteroatoms. The second-order valence-corrected chi connectivity index (χ2v) is 5.14. The van der Waals surface area contributed by atoms with Crippen molar-refractivity contribution in [3.63, 3.8) is 0 Å². The summed E-state index contributed by atoms with van der Waals surface area (Å²) in [5.41, 5.74) is 7.42. The molecule has 2 N–H and O–H groups in total. The molecule has 1 aromatic carbocycles. The fourth-order valence-electron chi connectivity index (χ4n) is 2.42. The maximum absolute atomic E-state index is 12.0. The first-order valence-corrected chi connectivity index (χ1v) is 7.73. The van der Waals surface area contributed by atoms with Crippen LogP contribution in [-0.4, -0.2) is 28.3 Å². The highest BCUT2D eigenvalue weighted by Gasteiger charge is 2.24. The van der Waals surface area contributed by atoms with E-state index in [0.717, 1.165) is 30.5 Å². The van der Waals surface area contributed by atoms with E-state index in [1.54, 1.807) is 6.92 Å². The van der Waals surface area contributed by atoms with Gasteiger partial charge in [0.2, 0.25) is 0 Å². The van der Waals surface area contributed by atoms with Gasteiger partial charge in [-0.05, 0) is 31.4 Å². The molecule has 0 spiro atoms. The fraction of sp³-hybridized carbons (Fsp3) is 0.353. The van der Waals surface area contributed by atoms with Crippen LogP contribution < -0.4 is 5.73 Å². The van der Waals surface area contributed by atoms with Gasteiger partial charge in [0.15, 0.2) is 0 Å². The van der Waals surface area contributed by atoms with Crippen molar-refractivity contribution in [1.82, 2.24) is 9.78 Å². The second kappa shape index (κ2) is 7.58. The van der Waals surface area contributed by atoms with Gasteiger partial charge in [-0.1, -0.05) is 31.5 Å². The van der Waals surface area contributed by atoms with Gasteiger partial charge in [0.1, 0.15) is 11.3 Å². The number of para-hydroxylation sites is 1. The number of aryl methyl sites for hydroxylation is 1. The van der Waals surface area contributed by atoms with Crippen LogP contribution in [-0.2, 0) is 11.2 Å². The van der Waals surface area contributed by atoms with Crippen molar-refractivity contribution < 1.29 is 14.3 Å². The average molecular weight is 315 g/mol. The summed E-state index contributed by atoms with van der Waals surface area (Å²) in [6.45, 7) is 4.03. The first kappa shape index (κ1) is 16.7. The number of nitrogens with two attached hydrogens (primary N) is 1. The fourth-order valence-corrected chi connectivity index (χ4v) is 2.42. The van der Waals surface area contributed by atoms with E-state index < -0.39 is 11.9 Å². The van der Waals surface area contributed by atoms with E-state index in [2.05, 4.69) is 12.0 Å². The molecular weight excluding hydrogens is 294 g/mol. The SMILES string of the molecule is CCCCc1ccccc1-n1ncc(C(=O)OCC)c1C(N)=O. The number of primary amides is 1. The number of benzene rings is 1. The van der Waals surface area contributed by atoms with E-state index in [1.165, 1.54) is 10.9 Å². The first-order valence-electron chi connectivity index (χ1n) is 7.73. The topological polar surface area (TPSA) is 87.2 Å². The third-order valence-corrected chi connectivity index (χ3v) is 3.52. The number of rotatable bonds is 7. The molecule has 23 heavy (non-hydrogen) atoms. The number of hydrogen-bond donors (Lipinski definition) is 1. The van der Waals surface area contributed by atoms with Crippen molar-refractivity contribution in [1.29, 1.82) is 0 Å². The molecule has 0 saturated carbocycles. The highest BCUT2D eigenvalue weighted by molar-refractivity contribution is 6.03. The lowest BCUT2D eigenvalue weighted by atomic mass is 10.1. The van der Waals surface area contributed by atoms with Gasteiger partial charge in [-0.2, -0.15) is 5.10 Å². The zero-order chi connectivity index (χ0) is 16.8. The summed E-state index contributed by atoms with van der Waals surface area (Å²) in [5.74, 6) is -1.31. The summed E-state index contributed by atoms with van der Waals surface area (Å²) in [7, 11) is 0. The second-order valence-electron chi connectivity index (χ2n) is 5.14. The molecule has 1 heterocycles. The molecule has 0 aliphatic heterocycles. The van der Waals surface area contributed by atoms with Crippen molar-refractivity contribution >= 4 is 11.9 Å². The Hall–Kier alpha value is -2.63. The molecule has 0 aliphatic rings. The van der Waals surface area contributed by atoms with E-state index in [-0.39, 0.29) is 17.9 Å². The Morgan fingerprint density at radius 3 is 2.65 bits per heavy atom. The zero-order valence-electron chi connectivity index (χ0n) is 13.4. The Morgan fingerprint density at radius 2 is 2.00 bits per heavy atom. The molecule has 2 rings (SSSR count). The molecule has 6 nitrogen and oxygen atoms in total. The minimum Gasteiger partial charge on any atom is -0.462 e. The highest BCUT2D eigenvalue weighted by Crippen LogP contribution is 2.21. The maximum atomic E-state index is 12.0. The predicted octanol–water partition coefficient (Wildman–Crippen LogP) is 2.49. The number of amides is 1. The largest absolute Gasteiger partial charge is 0.462 e. The Morgan fingerprint density at radius 1 is 1.26 bits per heavy atom. The smallest absolute Gasteiger partial charge is 0.342 e. The van der Waals surface area contributed by atoms with E-state index in [9.17, 15) is 9.59 Å². The van der Waals surface area contributed by atoms with Crippen molar-refractivity contribution in [2.45, 2.75) is 33.1 Å². The van der Waals surface area contributed by atoms with Gasteiger partial charge in [-0.3, -0.25) is 4.79 Å². The van der Waals surface area contributed by atoms with Crippen LogP contribution in [0.2, 0.25) is 0 Å². The van der Waals surface area contributed by atoms with Crippen LogP contribution in [0.5, 0.6) is 0 Å². The summed E-state index contributed by atoms with van der Waals surface area (Å²) < 4.78 is 6.39. The van der Waals surface area contributed by atoms with Gasteiger partial charge in [0.05, 0.1) is 18.5 Å². The number of carbonyl (C=O) groups excluding carboxylic acids is 2. The van der Waals surface area contributed by atoms with Gasteiger partial charge >= 0.3 is 5.97 Å². The summed E-state index contributed by atoms with van der Waals surface area (Å²) in [4.78, 5) is 23.9. The van der Waals surface area contributed by atoms with Crippen molar-refractivity contribution in [3.05, 3.63) is 47.3 Å². The number of carbonyl (C=O) groups is 2. The third-order valence-electron chi connectivity index (χ3n) is 3.52. The predicted molar refractivity (Wildman–Crippen MR) is 86.7 cm³/mol. The Labute approximate surface area is 135 Å². The van der Waals surface area contributed by atoms with Crippen molar-refractivity contribution in [2.24, 2.45) is 5.73 Å². The average Bonchev–Trinajstić information content (AvgIpc) is 2.98. The van der Waals surface area contributed by atoms with Gasteiger partial charge < -0.3 is 10.5 Å². The number of aromatic nitrogens is 2. The summed E-state index contributed by atoms with van der Waals surface area (Å²) >= 11 is 0. The Bertz CT molecular complexity index is 707. The summed E-state index contributed by atoms with van der Waals surface area (Å²) in [6.07, 6.45) is 4.27. The van der Waals surface area contributed by atoms with Crippen LogP contribution in [0.3, 0.4) is 0 Å². The highest BCUT2D eigenvalue weighted by atomic mass is 16.5. The summed E-state index contributed by atoms with van der Waals surface area (Å²) in [5, 5.41) is 4.19. The molecule has 0 fully saturated rings. The molecular formula is C17H21N3O3. The minimum absolute atomic E-state index is 0.0485. The standard InChI is InChI=1S/C17H21N3O3/c1-3-5-8-12-9-6-7-10-14(12)20-15(16(18)21)13(11-19-20)17(22)23-4-2/h6-7,9-11H,3-5,8H2,1-2H3,(H2,18,21). The molecule has 2 aromatic rings. The number of hydrogen-bond acceptors (Lipinski definition) is 4. The van der Waals surface area contributed by atoms with E-state index in [0.29, 0.717) is 0 Å². The third kappa shape index (κ3) is 3.59. The Balaban J connectivity index is 2.52. The summed E-state index contributed by atoms with van der Waals surface area (Å²) in [6, 6.07) is 7.65. The molecule has 122 valence electrons. The van der Waals surface area contributed by atoms with Crippen LogP contribution in [0.15, 0.2) is 30.5 Å². The molecule has 0 radical (unpaired) electrons. The molecule has 0 saturated heterocycles. The number of nitrogens with zero attached hydrogens (tertiary/aromatic N) is 2. The Kier molecular flexibility index (Phi) is 5.51. The minimum atomic E-state index is -0.712. The molecule has 0 bridgehead atoms. The van der Waals surface area contributed by atoms with Gasteiger partial charge in [-0.15, -0.1) is 0 Å². The lowest BCUT2D eigenvalue weighted by Crippen LogP contribution is -2.21. The van der Waals surface area contributed by atoms with Crippen LogP contribution in [0, 0.1) is 0 Å². The van der Waals surface area contributed by atoms with E-state index in [4.69, 9.17) is 10.5 Å². The van der Waals surface area contributed by atoms with Crippen LogP contribution in [0.25, 0.3) is 5.69 Å². The molecule has 0 unspecified atom stereocenters. The van der Waals surface area contributed by atoms with Crippen LogP contribution in [0.4, 0.5) is 0 Å². The van der Waals surface area contributed by atoms with Crippen molar-refractivity contribution in [2.75, 3.05) is 6.61 Å². The van der Waals surface area contributed by atoms with Gasteiger partial charge in [0, 0.05) is 0 Å². The number of esters is 1. The molecule has 0 atom stereocenters.